The predicted molar refractivity (Wildman–Crippen MR) is 142 cm³/mol. The Kier molecular flexibility index (Phi) is 6.56. The van der Waals surface area contributed by atoms with Gasteiger partial charge in [0.05, 0.1) is 19.5 Å². The minimum atomic E-state index is -0.448. The molecule has 0 aliphatic carbocycles. The molecule has 2 heterocycles. The van der Waals surface area contributed by atoms with Gasteiger partial charge < -0.3 is 23.8 Å². The normalized spacial score (nSPS) is 12.1. The van der Waals surface area contributed by atoms with E-state index in [1.54, 1.807) is 26.4 Å². The van der Waals surface area contributed by atoms with Crippen molar-refractivity contribution in [1.29, 1.82) is 0 Å². The van der Waals surface area contributed by atoms with Crippen molar-refractivity contribution in [3.05, 3.63) is 60.7 Å². The first-order valence-corrected chi connectivity index (χ1v) is 12.4. The summed E-state index contributed by atoms with van der Waals surface area (Å²) in [6.45, 7) is 4.81. The number of aryl methyl sites for hydroxylation is 1. The van der Waals surface area contributed by atoms with E-state index in [0.29, 0.717) is 28.2 Å². The van der Waals surface area contributed by atoms with Gasteiger partial charge in [-0.05, 0) is 56.3 Å². The monoisotopic (exact) mass is 502 g/mol. The first-order chi connectivity index (χ1) is 17.5. The molecule has 2 aromatic heterocycles. The highest BCUT2D eigenvalue weighted by Gasteiger charge is 2.20. The number of amides is 1. The van der Waals surface area contributed by atoms with Gasteiger partial charge in [0.2, 0.25) is 11.8 Å². The van der Waals surface area contributed by atoms with Crippen LogP contribution in [0.2, 0.25) is 0 Å². The van der Waals surface area contributed by atoms with Gasteiger partial charge in [-0.3, -0.25) is 4.79 Å². The molecule has 0 aliphatic heterocycles. The second-order valence-electron chi connectivity index (χ2n) is 8.19. The maximum atomic E-state index is 13.0. The van der Waals surface area contributed by atoms with Gasteiger partial charge in [0.1, 0.15) is 0 Å². The van der Waals surface area contributed by atoms with E-state index >= 15 is 0 Å². The molecule has 1 atom stereocenters. The standard InChI is InChI=1S/C27H26N4O4S/c1-5-31-21-9-7-6-8-19(21)20-15-18(11-12-22(20)31)28-25(32)16(2)36-27-30-29-26(35-27)17-10-13-23(33-3)24(14-17)34-4/h6-16H,5H2,1-4H3,(H,28,32)/t16-/m1/s1. The molecule has 0 saturated carbocycles. The Hall–Kier alpha value is -3.98. The van der Waals surface area contributed by atoms with Crippen molar-refractivity contribution in [1.82, 2.24) is 14.8 Å². The summed E-state index contributed by atoms with van der Waals surface area (Å²) < 4.78 is 18.7. The lowest BCUT2D eigenvalue weighted by atomic mass is 10.1. The van der Waals surface area contributed by atoms with Gasteiger partial charge >= 0.3 is 0 Å². The van der Waals surface area contributed by atoms with Crippen molar-refractivity contribution in [2.24, 2.45) is 0 Å². The molecular weight excluding hydrogens is 476 g/mol. The lowest BCUT2D eigenvalue weighted by molar-refractivity contribution is -0.115. The first-order valence-electron chi connectivity index (χ1n) is 11.6. The highest BCUT2D eigenvalue weighted by molar-refractivity contribution is 8.00. The molecule has 8 nitrogen and oxygen atoms in total. The van der Waals surface area contributed by atoms with Crippen molar-refractivity contribution < 1.29 is 18.7 Å². The lowest BCUT2D eigenvalue weighted by Gasteiger charge is -2.10. The van der Waals surface area contributed by atoms with E-state index < -0.39 is 5.25 Å². The number of rotatable bonds is 8. The zero-order valence-corrected chi connectivity index (χ0v) is 21.3. The van der Waals surface area contributed by atoms with Crippen LogP contribution in [0.15, 0.2) is 70.3 Å². The number of thioether (sulfide) groups is 1. The molecule has 0 unspecified atom stereocenters. The van der Waals surface area contributed by atoms with Crippen LogP contribution in [-0.4, -0.2) is 40.1 Å². The molecule has 1 amide bonds. The number of carbonyl (C=O) groups is 1. The number of hydrogen-bond acceptors (Lipinski definition) is 7. The summed E-state index contributed by atoms with van der Waals surface area (Å²) in [6.07, 6.45) is 0. The Morgan fingerprint density at radius 1 is 1.00 bits per heavy atom. The molecule has 3 aromatic carbocycles. The van der Waals surface area contributed by atoms with Crippen LogP contribution in [-0.2, 0) is 11.3 Å². The van der Waals surface area contributed by atoms with Gasteiger partial charge in [0.15, 0.2) is 11.5 Å². The Morgan fingerprint density at radius 2 is 1.78 bits per heavy atom. The number of nitrogens with one attached hydrogen (secondary N) is 1. The number of hydrogen-bond donors (Lipinski definition) is 1. The number of aromatic nitrogens is 3. The largest absolute Gasteiger partial charge is 0.493 e. The molecule has 0 radical (unpaired) electrons. The second-order valence-corrected chi connectivity index (χ2v) is 9.48. The van der Waals surface area contributed by atoms with Crippen molar-refractivity contribution in [2.45, 2.75) is 30.9 Å². The van der Waals surface area contributed by atoms with Gasteiger partial charge in [-0.15, -0.1) is 10.2 Å². The third-order valence-corrected chi connectivity index (χ3v) is 6.97. The third-order valence-electron chi connectivity index (χ3n) is 6.04. The number of nitrogens with zero attached hydrogens (tertiary/aromatic N) is 3. The molecule has 1 N–H and O–H groups in total. The average Bonchev–Trinajstić information content (AvgIpc) is 3.50. The van der Waals surface area contributed by atoms with Gasteiger partial charge in [-0.25, -0.2) is 0 Å². The molecule has 5 aromatic rings. The summed E-state index contributed by atoms with van der Waals surface area (Å²) in [4.78, 5) is 13.0. The molecular formula is C27H26N4O4S. The van der Waals surface area contributed by atoms with Crippen molar-refractivity contribution in [3.63, 3.8) is 0 Å². The first kappa shape index (κ1) is 23.7. The Balaban J connectivity index is 1.31. The summed E-state index contributed by atoms with van der Waals surface area (Å²) in [7, 11) is 3.14. The molecule has 5 rings (SSSR count). The van der Waals surface area contributed by atoms with Crippen molar-refractivity contribution in [2.75, 3.05) is 19.5 Å². The zero-order chi connectivity index (χ0) is 25.2. The topological polar surface area (TPSA) is 91.4 Å². The molecule has 184 valence electrons. The van der Waals surface area contributed by atoms with Crippen molar-refractivity contribution in [3.8, 4) is 23.0 Å². The van der Waals surface area contributed by atoms with Gasteiger partial charge in [0.25, 0.3) is 5.22 Å². The fraction of sp³-hybridized carbons (Fsp3) is 0.222. The highest BCUT2D eigenvalue weighted by atomic mass is 32.2. The molecule has 36 heavy (non-hydrogen) atoms. The summed E-state index contributed by atoms with van der Waals surface area (Å²) in [5.41, 5.74) is 3.77. The van der Waals surface area contributed by atoms with Crippen LogP contribution in [0.4, 0.5) is 5.69 Å². The van der Waals surface area contributed by atoms with E-state index in [1.807, 2.05) is 37.3 Å². The van der Waals surface area contributed by atoms with E-state index in [1.165, 1.54) is 22.7 Å². The quantitative estimate of drug-likeness (QED) is 0.260. The van der Waals surface area contributed by atoms with Crippen LogP contribution < -0.4 is 14.8 Å². The molecule has 0 bridgehead atoms. The van der Waals surface area contributed by atoms with Gasteiger partial charge in [-0.2, -0.15) is 0 Å². The van der Waals surface area contributed by atoms with Gasteiger partial charge in [0, 0.05) is 39.6 Å². The van der Waals surface area contributed by atoms with Crippen LogP contribution in [0.25, 0.3) is 33.3 Å². The Morgan fingerprint density at radius 3 is 2.56 bits per heavy atom. The number of carbonyl (C=O) groups excluding carboxylic acids is 1. The zero-order valence-electron chi connectivity index (χ0n) is 20.4. The molecule has 0 saturated heterocycles. The van der Waals surface area contributed by atoms with Crippen LogP contribution in [0.5, 0.6) is 11.5 Å². The fourth-order valence-corrected chi connectivity index (χ4v) is 4.95. The van der Waals surface area contributed by atoms with E-state index in [4.69, 9.17) is 13.9 Å². The van der Waals surface area contributed by atoms with Crippen LogP contribution >= 0.6 is 11.8 Å². The van der Waals surface area contributed by atoms with Crippen LogP contribution in [0.3, 0.4) is 0 Å². The fourth-order valence-electron chi connectivity index (χ4n) is 4.26. The molecule has 0 spiro atoms. The maximum absolute atomic E-state index is 13.0. The minimum Gasteiger partial charge on any atom is -0.493 e. The van der Waals surface area contributed by atoms with E-state index in [-0.39, 0.29) is 5.91 Å². The summed E-state index contributed by atoms with van der Waals surface area (Å²) >= 11 is 1.21. The number of ether oxygens (including phenoxy) is 2. The number of benzene rings is 3. The summed E-state index contributed by atoms with van der Waals surface area (Å²) in [5.74, 6) is 1.36. The molecule has 0 aliphatic rings. The van der Waals surface area contributed by atoms with Crippen LogP contribution in [0.1, 0.15) is 13.8 Å². The Labute approximate surface area is 212 Å². The smallest absolute Gasteiger partial charge is 0.277 e. The van der Waals surface area contributed by atoms with E-state index in [2.05, 4.69) is 45.2 Å². The number of para-hydroxylation sites is 1. The Bertz CT molecular complexity index is 1560. The lowest BCUT2D eigenvalue weighted by Crippen LogP contribution is -2.22. The third kappa shape index (κ3) is 4.37. The minimum absolute atomic E-state index is 0.149. The second kappa shape index (κ2) is 9.94. The average molecular weight is 503 g/mol. The number of methoxy groups -OCH3 is 2. The summed E-state index contributed by atoms with van der Waals surface area (Å²) in [5, 5.41) is 13.4. The predicted octanol–water partition coefficient (Wildman–Crippen LogP) is 6.00. The van der Waals surface area contributed by atoms with E-state index in [0.717, 1.165) is 23.1 Å². The summed E-state index contributed by atoms with van der Waals surface area (Å²) in [6, 6.07) is 19.7. The number of fused-ring (bicyclic) bond motifs is 3. The van der Waals surface area contributed by atoms with Crippen LogP contribution in [0, 0.1) is 0 Å². The SMILES string of the molecule is CCn1c2ccccc2c2cc(NC(=O)[C@@H](C)Sc3nnc(-c4ccc(OC)c(OC)c4)o3)ccc21. The highest BCUT2D eigenvalue weighted by Crippen LogP contribution is 2.34. The van der Waals surface area contributed by atoms with Gasteiger partial charge in [-0.1, -0.05) is 30.0 Å². The number of anilines is 1. The van der Waals surface area contributed by atoms with E-state index in [9.17, 15) is 4.79 Å². The molecule has 9 heteroatoms. The molecule has 0 fully saturated rings. The van der Waals surface area contributed by atoms with Crippen molar-refractivity contribution >= 4 is 45.2 Å². The maximum Gasteiger partial charge on any atom is 0.277 e.